The first kappa shape index (κ1) is 39.8. The van der Waals surface area contributed by atoms with Gasteiger partial charge in [0.25, 0.3) is 0 Å². The Bertz CT molecular complexity index is 1070. The van der Waals surface area contributed by atoms with E-state index in [0.717, 1.165) is 0 Å². The van der Waals surface area contributed by atoms with Crippen LogP contribution in [0.5, 0.6) is 0 Å². The molecular weight excluding hydrogens is 584 g/mol. The molecular formula is C30H44O14. The summed E-state index contributed by atoms with van der Waals surface area (Å²) in [5.74, 6) is -5.66. The summed E-state index contributed by atoms with van der Waals surface area (Å²) in [5, 5.41) is 17.4. The molecule has 14 heteroatoms. The molecule has 0 aromatic carbocycles. The van der Waals surface area contributed by atoms with Crippen molar-refractivity contribution in [2.24, 2.45) is 5.41 Å². The van der Waals surface area contributed by atoms with Gasteiger partial charge in [-0.1, -0.05) is 13.2 Å². The Kier molecular flexibility index (Phi) is 18.0. The van der Waals surface area contributed by atoms with Gasteiger partial charge in [-0.25, -0.2) is 9.59 Å². The summed E-state index contributed by atoms with van der Waals surface area (Å²) >= 11 is 0. The second-order valence-corrected chi connectivity index (χ2v) is 11.0. The molecule has 248 valence electrons. The Balaban J connectivity index is 4.96. The fourth-order valence-electron chi connectivity index (χ4n) is 3.52. The van der Waals surface area contributed by atoms with E-state index in [-0.39, 0.29) is 75.7 Å². The highest BCUT2D eigenvalue weighted by atomic mass is 16.6. The van der Waals surface area contributed by atoms with Crippen LogP contribution >= 0.6 is 0 Å². The van der Waals surface area contributed by atoms with Crippen LogP contribution in [0.1, 0.15) is 86.0 Å². The molecule has 0 aliphatic carbocycles. The number of carbonyl (C=O) groups excluding carboxylic acids is 5. The molecule has 0 aromatic heterocycles. The fourth-order valence-corrected chi connectivity index (χ4v) is 3.52. The van der Waals surface area contributed by atoms with Crippen LogP contribution in [0.25, 0.3) is 0 Å². The molecule has 3 atom stereocenters. The number of aliphatic carboxylic acids is 2. The topological polar surface area (TPSA) is 206 Å². The second-order valence-electron chi connectivity index (χ2n) is 11.0. The Labute approximate surface area is 256 Å². The van der Waals surface area contributed by atoms with E-state index in [1.54, 1.807) is 0 Å². The van der Waals surface area contributed by atoms with Gasteiger partial charge in [0.05, 0.1) is 5.41 Å². The van der Waals surface area contributed by atoms with E-state index in [0.29, 0.717) is 0 Å². The number of carboxylic acid groups (broad SMARTS) is 2. The summed E-state index contributed by atoms with van der Waals surface area (Å²) < 4.78 is 26.1. The summed E-state index contributed by atoms with van der Waals surface area (Å²) in [6, 6.07) is 0. The molecule has 0 amide bonds. The van der Waals surface area contributed by atoms with Gasteiger partial charge < -0.3 is 33.9 Å². The first-order valence-corrected chi connectivity index (χ1v) is 14.0. The molecule has 0 radical (unpaired) electrons. The number of ether oxygens (including phenoxy) is 5. The van der Waals surface area contributed by atoms with E-state index in [4.69, 9.17) is 33.9 Å². The van der Waals surface area contributed by atoms with Crippen molar-refractivity contribution in [1.29, 1.82) is 0 Å². The molecule has 14 nitrogen and oxygen atoms in total. The zero-order valence-electron chi connectivity index (χ0n) is 26.0. The highest BCUT2D eigenvalue weighted by molar-refractivity contribution is 5.89. The van der Waals surface area contributed by atoms with Gasteiger partial charge in [0.1, 0.15) is 31.5 Å². The minimum atomic E-state index is -1.21. The van der Waals surface area contributed by atoms with Crippen molar-refractivity contribution >= 4 is 41.8 Å². The van der Waals surface area contributed by atoms with Crippen LogP contribution in [-0.2, 0) is 57.2 Å². The van der Waals surface area contributed by atoms with E-state index in [1.165, 1.54) is 34.6 Å². The molecule has 0 aliphatic heterocycles. The van der Waals surface area contributed by atoms with Crippen molar-refractivity contribution in [3.63, 3.8) is 0 Å². The van der Waals surface area contributed by atoms with E-state index < -0.39 is 65.5 Å². The minimum absolute atomic E-state index is 0.0485. The molecule has 44 heavy (non-hydrogen) atoms. The molecule has 2 N–H and O–H groups in total. The molecule has 0 rings (SSSR count). The van der Waals surface area contributed by atoms with Crippen LogP contribution in [0.2, 0.25) is 0 Å². The largest absolute Gasteiger partial charge is 0.481 e. The number of carbonyl (C=O) groups is 7. The van der Waals surface area contributed by atoms with Gasteiger partial charge in [-0.05, 0) is 53.9 Å². The zero-order valence-corrected chi connectivity index (χ0v) is 26.0. The van der Waals surface area contributed by atoms with Crippen LogP contribution in [0, 0.1) is 5.41 Å². The quantitative estimate of drug-likeness (QED) is 0.100. The zero-order chi connectivity index (χ0) is 34.0. The first-order valence-electron chi connectivity index (χ1n) is 14.0. The SMILES string of the molecule is C=C(C)C(=O)OCC(CC(C)OC(=O)C(=C)CC(C)(C)C(=O)OCC(C)OC(=O)CCCC(=O)O)OC(=O)CCCC(=O)O. The minimum Gasteiger partial charge on any atom is -0.481 e. The molecule has 0 fully saturated rings. The van der Waals surface area contributed by atoms with E-state index in [2.05, 4.69) is 13.2 Å². The number of rotatable bonds is 22. The fraction of sp³-hybridized carbons (Fsp3) is 0.633. The summed E-state index contributed by atoms with van der Waals surface area (Å²) in [7, 11) is 0. The molecule has 0 saturated carbocycles. The molecule has 0 heterocycles. The number of carboxylic acids is 2. The Hall–Kier alpha value is -4.23. The maximum atomic E-state index is 12.7. The van der Waals surface area contributed by atoms with Crippen molar-refractivity contribution in [2.75, 3.05) is 13.2 Å². The molecule has 0 aliphatic rings. The van der Waals surface area contributed by atoms with Crippen molar-refractivity contribution in [3.05, 3.63) is 24.3 Å². The lowest BCUT2D eigenvalue weighted by Gasteiger charge is -2.25. The molecule has 0 bridgehead atoms. The summed E-state index contributed by atoms with van der Waals surface area (Å²) in [6.45, 7) is 14.1. The highest BCUT2D eigenvalue weighted by Gasteiger charge is 2.33. The van der Waals surface area contributed by atoms with Gasteiger partial charge in [-0.3, -0.25) is 24.0 Å². The van der Waals surface area contributed by atoms with Gasteiger partial charge in [-0.15, -0.1) is 0 Å². The van der Waals surface area contributed by atoms with E-state index in [1.807, 2.05) is 0 Å². The average molecular weight is 629 g/mol. The van der Waals surface area contributed by atoms with Gasteiger partial charge >= 0.3 is 41.8 Å². The monoisotopic (exact) mass is 628 g/mol. The van der Waals surface area contributed by atoms with Gasteiger partial charge in [-0.2, -0.15) is 0 Å². The number of hydrogen-bond acceptors (Lipinski definition) is 12. The summed E-state index contributed by atoms with van der Waals surface area (Å²) in [6.07, 6.45) is -3.35. The second kappa shape index (κ2) is 19.9. The van der Waals surface area contributed by atoms with Crippen LogP contribution < -0.4 is 0 Å². The van der Waals surface area contributed by atoms with E-state index in [9.17, 15) is 33.6 Å². The van der Waals surface area contributed by atoms with Crippen molar-refractivity contribution in [1.82, 2.24) is 0 Å². The normalized spacial score (nSPS) is 12.9. The Morgan fingerprint density at radius 1 is 0.705 bits per heavy atom. The maximum absolute atomic E-state index is 12.7. The first-order chi connectivity index (χ1) is 20.3. The maximum Gasteiger partial charge on any atom is 0.333 e. The molecule has 0 saturated heterocycles. The standard InChI is InChI=1S/C30H44O14/c1-18(2)27(37)40-17-22(44-26(36)13-9-11-24(33)34)14-20(4)43-28(38)19(3)15-30(6,7)29(39)41-16-21(5)42-25(35)12-8-10-23(31)32/h20-22H,1,3,8-17H2,2,4-7H3,(H,31,32)(H,33,34). The average Bonchev–Trinajstić information content (AvgIpc) is 2.89. The van der Waals surface area contributed by atoms with Crippen LogP contribution in [0.15, 0.2) is 24.3 Å². The third-order valence-electron chi connectivity index (χ3n) is 5.77. The predicted molar refractivity (Wildman–Crippen MR) is 153 cm³/mol. The molecule has 3 unspecified atom stereocenters. The van der Waals surface area contributed by atoms with Gasteiger partial charge in [0.2, 0.25) is 0 Å². The predicted octanol–water partition coefficient (Wildman–Crippen LogP) is 3.30. The summed E-state index contributed by atoms with van der Waals surface area (Å²) in [5.41, 5.74) is -1.14. The number of esters is 5. The third-order valence-corrected chi connectivity index (χ3v) is 5.77. The van der Waals surface area contributed by atoms with Crippen LogP contribution in [0.4, 0.5) is 0 Å². The Morgan fingerprint density at radius 2 is 1.23 bits per heavy atom. The molecule has 0 spiro atoms. The lowest BCUT2D eigenvalue weighted by Crippen LogP contribution is -2.33. The third kappa shape index (κ3) is 18.3. The Morgan fingerprint density at radius 3 is 1.73 bits per heavy atom. The molecule has 0 aromatic rings. The lowest BCUT2D eigenvalue weighted by molar-refractivity contribution is -0.164. The van der Waals surface area contributed by atoms with Gasteiger partial charge in [0, 0.05) is 43.3 Å². The van der Waals surface area contributed by atoms with Crippen molar-refractivity contribution in [3.8, 4) is 0 Å². The summed E-state index contributed by atoms with van der Waals surface area (Å²) in [4.78, 5) is 82.3. The lowest BCUT2D eigenvalue weighted by atomic mass is 9.86. The van der Waals surface area contributed by atoms with Gasteiger partial charge in [0.15, 0.2) is 0 Å². The number of hydrogen-bond donors (Lipinski definition) is 2. The van der Waals surface area contributed by atoms with Crippen LogP contribution in [-0.4, -0.2) is 83.5 Å². The van der Waals surface area contributed by atoms with Crippen molar-refractivity contribution in [2.45, 2.75) is 104 Å². The smallest absolute Gasteiger partial charge is 0.333 e. The van der Waals surface area contributed by atoms with E-state index >= 15 is 0 Å². The van der Waals surface area contributed by atoms with Crippen LogP contribution in [0.3, 0.4) is 0 Å². The van der Waals surface area contributed by atoms with Crippen molar-refractivity contribution < 1.29 is 67.5 Å². The highest BCUT2D eigenvalue weighted by Crippen LogP contribution is 2.27.